The van der Waals surface area contributed by atoms with Gasteiger partial charge in [0, 0.05) is 18.0 Å². The van der Waals surface area contributed by atoms with Crippen LogP contribution < -0.4 is 0 Å². The predicted octanol–water partition coefficient (Wildman–Crippen LogP) is 2.30. The number of nitrogens with zero attached hydrogens (tertiary/aromatic N) is 2. The number of aromatic nitrogens is 1. The van der Waals surface area contributed by atoms with Crippen LogP contribution >= 0.6 is 0 Å². The average Bonchev–Trinajstić information content (AvgIpc) is 2.27. The summed E-state index contributed by atoms with van der Waals surface area (Å²) in [4.78, 5) is 18.5. The zero-order valence-electron chi connectivity index (χ0n) is 10.7. The molecule has 0 aromatic carbocycles. The van der Waals surface area contributed by atoms with Crippen molar-refractivity contribution in [1.29, 1.82) is 0 Å². The Balaban J connectivity index is 3.15. The Kier molecular flexibility index (Phi) is 3.81. The quantitative estimate of drug-likeness (QED) is 0.730. The van der Waals surface area contributed by atoms with E-state index in [0.717, 1.165) is 17.5 Å². The van der Waals surface area contributed by atoms with Gasteiger partial charge in [0.2, 0.25) is 0 Å². The number of hydrogen-bond acceptors (Lipinski definition) is 3. The van der Waals surface area contributed by atoms with Gasteiger partial charge in [-0.05, 0) is 46.0 Å². The number of pyridine rings is 1. The minimum Gasteiger partial charge on any atom is -0.297 e. The highest BCUT2D eigenvalue weighted by Crippen LogP contribution is 2.23. The van der Waals surface area contributed by atoms with Gasteiger partial charge in [0.25, 0.3) is 0 Å². The van der Waals surface area contributed by atoms with Gasteiger partial charge < -0.3 is 0 Å². The van der Waals surface area contributed by atoms with Crippen LogP contribution in [0, 0.1) is 6.92 Å². The molecule has 0 radical (unpaired) electrons. The third-order valence-corrected chi connectivity index (χ3v) is 3.45. The average molecular weight is 220 g/mol. The van der Waals surface area contributed by atoms with Crippen molar-refractivity contribution in [3.63, 3.8) is 0 Å². The van der Waals surface area contributed by atoms with Crippen LogP contribution in [0.5, 0.6) is 0 Å². The first-order valence-electron chi connectivity index (χ1n) is 5.56. The van der Waals surface area contributed by atoms with Gasteiger partial charge in [-0.3, -0.25) is 14.7 Å². The second-order valence-electron chi connectivity index (χ2n) is 4.54. The molecule has 1 aromatic rings. The molecule has 1 aromatic heterocycles. The van der Waals surface area contributed by atoms with Gasteiger partial charge >= 0.3 is 0 Å². The molecule has 1 unspecified atom stereocenters. The minimum absolute atomic E-state index is 0.144. The van der Waals surface area contributed by atoms with Crippen molar-refractivity contribution < 1.29 is 4.79 Å². The SMILES string of the molecule is CCC(C)(C(=O)c1cnccc1C)N(C)C. The molecular weight excluding hydrogens is 200 g/mol. The van der Waals surface area contributed by atoms with Gasteiger partial charge in [-0.1, -0.05) is 6.92 Å². The molecule has 0 saturated heterocycles. The summed E-state index contributed by atoms with van der Waals surface area (Å²) in [5.41, 5.74) is 1.26. The summed E-state index contributed by atoms with van der Waals surface area (Å²) in [5, 5.41) is 0. The summed E-state index contributed by atoms with van der Waals surface area (Å²) >= 11 is 0. The molecule has 88 valence electrons. The van der Waals surface area contributed by atoms with Gasteiger partial charge in [-0.2, -0.15) is 0 Å². The number of carbonyl (C=O) groups is 1. The van der Waals surface area contributed by atoms with Crippen molar-refractivity contribution in [2.24, 2.45) is 0 Å². The van der Waals surface area contributed by atoms with Crippen LogP contribution in [0.4, 0.5) is 0 Å². The molecule has 1 rings (SSSR count). The summed E-state index contributed by atoms with van der Waals surface area (Å²) in [5.74, 6) is 0.144. The van der Waals surface area contributed by atoms with E-state index in [9.17, 15) is 4.79 Å². The Bertz CT molecular complexity index is 387. The second kappa shape index (κ2) is 4.74. The Labute approximate surface area is 97.5 Å². The Hall–Kier alpha value is -1.22. The van der Waals surface area contributed by atoms with Gasteiger partial charge in [0.05, 0.1) is 5.54 Å². The number of Topliss-reactive ketones (excluding diaryl/α,β-unsaturated/α-hetero) is 1. The molecule has 0 fully saturated rings. The summed E-state index contributed by atoms with van der Waals surface area (Å²) in [6.07, 6.45) is 4.16. The summed E-state index contributed by atoms with van der Waals surface area (Å²) in [6, 6.07) is 1.87. The first-order chi connectivity index (χ1) is 7.43. The highest BCUT2D eigenvalue weighted by molar-refractivity contribution is 6.03. The van der Waals surface area contributed by atoms with E-state index < -0.39 is 5.54 Å². The van der Waals surface area contributed by atoms with Gasteiger partial charge in [0.15, 0.2) is 5.78 Å². The smallest absolute Gasteiger partial charge is 0.184 e. The maximum Gasteiger partial charge on any atom is 0.184 e. The van der Waals surface area contributed by atoms with Gasteiger partial charge in [-0.25, -0.2) is 0 Å². The molecule has 0 amide bonds. The standard InChI is InChI=1S/C13H20N2O/c1-6-13(3,15(4)5)12(16)11-9-14-8-7-10(11)2/h7-9H,6H2,1-5H3. The van der Waals surface area contributed by atoms with Crippen LogP contribution in [-0.4, -0.2) is 35.3 Å². The maximum atomic E-state index is 12.5. The molecule has 3 heteroatoms. The molecule has 0 aliphatic rings. The summed E-state index contributed by atoms with van der Waals surface area (Å²) < 4.78 is 0. The number of carbonyl (C=O) groups excluding carboxylic acids is 1. The van der Waals surface area contributed by atoms with Crippen LogP contribution in [0.2, 0.25) is 0 Å². The topological polar surface area (TPSA) is 33.2 Å². The van der Waals surface area contributed by atoms with E-state index in [1.54, 1.807) is 12.4 Å². The normalized spacial score (nSPS) is 14.9. The third kappa shape index (κ3) is 2.14. The number of likely N-dealkylation sites (N-methyl/N-ethyl adjacent to an activating group) is 1. The molecule has 16 heavy (non-hydrogen) atoms. The van der Waals surface area contributed by atoms with E-state index in [1.807, 2.05) is 45.8 Å². The lowest BCUT2D eigenvalue weighted by atomic mass is 9.86. The van der Waals surface area contributed by atoms with Crippen LogP contribution in [0.1, 0.15) is 36.2 Å². The third-order valence-electron chi connectivity index (χ3n) is 3.45. The zero-order valence-corrected chi connectivity index (χ0v) is 10.7. The van der Waals surface area contributed by atoms with Crippen LogP contribution in [-0.2, 0) is 0 Å². The van der Waals surface area contributed by atoms with E-state index in [-0.39, 0.29) is 5.78 Å². The molecule has 0 N–H and O–H groups in total. The van der Waals surface area contributed by atoms with Crippen molar-refractivity contribution >= 4 is 5.78 Å². The monoisotopic (exact) mass is 220 g/mol. The maximum absolute atomic E-state index is 12.5. The van der Waals surface area contributed by atoms with Crippen molar-refractivity contribution in [3.8, 4) is 0 Å². The fraction of sp³-hybridized carbons (Fsp3) is 0.538. The van der Waals surface area contributed by atoms with E-state index >= 15 is 0 Å². The predicted molar refractivity (Wildman–Crippen MR) is 65.7 cm³/mol. The lowest BCUT2D eigenvalue weighted by molar-refractivity contribution is 0.0709. The highest BCUT2D eigenvalue weighted by Gasteiger charge is 2.34. The van der Waals surface area contributed by atoms with Gasteiger partial charge in [0.1, 0.15) is 0 Å². The summed E-state index contributed by atoms with van der Waals surface area (Å²) in [6.45, 7) is 5.95. The van der Waals surface area contributed by atoms with Crippen molar-refractivity contribution in [2.75, 3.05) is 14.1 Å². The molecule has 0 bridgehead atoms. The first-order valence-corrected chi connectivity index (χ1v) is 5.56. The molecule has 1 heterocycles. The first kappa shape index (κ1) is 12.8. The number of aryl methyl sites for hydroxylation is 1. The molecular formula is C13H20N2O. The highest BCUT2D eigenvalue weighted by atomic mass is 16.1. The van der Waals surface area contributed by atoms with Crippen molar-refractivity contribution in [3.05, 3.63) is 29.6 Å². The Morgan fingerprint density at radius 2 is 2.12 bits per heavy atom. The summed E-state index contributed by atoms with van der Waals surface area (Å²) in [7, 11) is 3.88. The fourth-order valence-corrected chi connectivity index (χ4v) is 1.67. The molecule has 0 spiro atoms. The van der Waals surface area contributed by atoms with Crippen LogP contribution in [0.25, 0.3) is 0 Å². The van der Waals surface area contributed by atoms with Crippen LogP contribution in [0.3, 0.4) is 0 Å². The van der Waals surface area contributed by atoms with E-state index in [2.05, 4.69) is 4.98 Å². The minimum atomic E-state index is -0.451. The molecule has 1 atom stereocenters. The lowest BCUT2D eigenvalue weighted by Crippen LogP contribution is -2.48. The number of ketones is 1. The van der Waals surface area contributed by atoms with E-state index in [0.29, 0.717) is 0 Å². The molecule has 0 aliphatic carbocycles. The largest absolute Gasteiger partial charge is 0.297 e. The van der Waals surface area contributed by atoms with E-state index in [4.69, 9.17) is 0 Å². The lowest BCUT2D eigenvalue weighted by Gasteiger charge is -2.34. The molecule has 0 saturated carbocycles. The fourth-order valence-electron chi connectivity index (χ4n) is 1.67. The Morgan fingerprint density at radius 1 is 1.50 bits per heavy atom. The molecule has 0 aliphatic heterocycles. The van der Waals surface area contributed by atoms with E-state index in [1.165, 1.54) is 0 Å². The number of rotatable bonds is 4. The Morgan fingerprint density at radius 3 is 2.56 bits per heavy atom. The molecule has 3 nitrogen and oxygen atoms in total. The van der Waals surface area contributed by atoms with Gasteiger partial charge in [-0.15, -0.1) is 0 Å². The van der Waals surface area contributed by atoms with Crippen LogP contribution in [0.15, 0.2) is 18.5 Å². The van der Waals surface area contributed by atoms with Crippen molar-refractivity contribution in [2.45, 2.75) is 32.7 Å². The van der Waals surface area contributed by atoms with Crippen molar-refractivity contribution in [1.82, 2.24) is 9.88 Å². The number of hydrogen-bond donors (Lipinski definition) is 0. The second-order valence-corrected chi connectivity index (χ2v) is 4.54. The zero-order chi connectivity index (χ0) is 12.3.